The van der Waals surface area contributed by atoms with E-state index in [0.29, 0.717) is 11.3 Å². The van der Waals surface area contributed by atoms with Crippen molar-refractivity contribution in [1.29, 1.82) is 0 Å². The standard InChI is InChI=1S/C14H17NO3S/c1-18-14(17)10-4-6-12(7-5-10)15-13(16)11-3-2-8-19-9-11/h4-7,11H,2-3,8-9H2,1H3,(H,15,16). The van der Waals surface area contributed by atoms with Gasteiger partial charge in [0.25, 0.3) is 0 Å². The Morgan fingerprint density at radius 3 is 2.63 bits per heavy atom. The van der Waals surface area contributed by atoms with E-state index in [9.17, 15) is 9.59 Å². The van der Waals surface area contributed by atoms with Gasteiger partial charge in [0.05, 0.1) is 12.7 Å². The van der Waals surface area contributed by atoms with Gasteiger partial charge in [-0.25, -0.2) is 4.79 Å². The van der Waals surface area contributed by atoms with Crippen LogP contribution in [0.4, 0.5) is 5.69 Å². The lowest BCUT2D eigenvalue weighted by atomic mass is 10.0. The van der Waals surface area contributed by atoms with Crippen LogP contribution in [0.15, 0.2) is 24.3 Å². The molecular weight excluding hydrogens is 262 g/mol. The number of nitrogens with one attached hydrogen (secondary N) is 1. The van der Waals surface area contributed by atoms with E-state index in [2.05, 4.69) is 10.1 Å². The van der Waals surface area contributed by atoms with Gasteiger partial charge in [-0.3, -0.25) is 4.79 Å². The Kier molecular flexibility index (Phi) is 4.85. The van der Waals surface area contributed by atoms with Crippen molar-refractivity contribution in [2.75, 3.05) is 23.9 Å². The van der Waals surface area contributed by atoms with Crippen LogP contribution >= 0.6 is 11.8 Å². The van der Waals surface area contributed by atoms with Gasteiger partial charge in [-0.2, -0.15) is 11.8 Å². The maximum absolute atomic E-state index is 12.0. The smallest absolute Gasteiger partial charge is 0.337 e. The first-order chi connectivity index (χ1) is 9.20. The number of hydrogen-bond acceptors (Lipinski definition) is 4. The van der Waals surface area contributed by atoms with Crippen LogP contribution in [0, 0.1) is 5.92 Å². The molecular formula is C14H17NO3S. The maximum Gasteiger partial charge on any atom is 0.337 e. The number of carbonyl (C=O) groups is 2. The highest BCUT2D eigenvalue weighted by Crippen LogP contribution is 2.24. The van der Waals surface area contributed by atoms with Crippen LogP contribution in [0.1, 0.15) is 23.2 Å². The molecule has 1 aliphatic heterocycles. The molecule has 0 radical (unpaired) electrons. The summed E-state index contributed by atoms with van der Waals surface area (Å²) in [7, 11) is 1.35. The quantitative estimate of drug-likeness (QED) is 0.864. The van der Waals surface area contributed by atoms with E-state index in [1.54, 1.807) is 24.3 Å². The van der Waals surface area contributed by atoms with Gasteiger partial charge in [-0.1, -0.05) is 0 Å². The normalized spacial score (nSPS) is 18.7. The van der Waals surface area contributed by atoms with Gasteiger partial charge in [0.2, 0.25) is 5.91 Å². The van der Waals surface area contributed by atoms with Crippen molar-refractivity contribution in [3.05, 3.63) is 29.8 Å². The second-order valence-corrected chi connectivity index (χ2v) is 5.62. The van der Waals surface area contributed by atoms with Gasteiger partial charge in [0, 0.05) is 17.4 Å². The summed E-state index contributed by atoms with van der Waals surface area (Å²) in [6.45, 7) is 0. The van der Waals surface area contributed by atoms with Crippen LogP contribution in [0.2, 0.25) is 0 Å². The molecule has 1 aromatic rings. The molecule has 1 heterocycles. The summed E-state index contributed by atoms with van der Waals surface area (Å²) < 4.78 is 4.62. The van der Waals surface area contributed by atoms with E-state index in [1.807, 2.05) is 11.8 Å². The van der Waals surface area contributed by atoms with E-state index < -0.39 is 0 Å². The first kappa shape index (κ1) is 13.9. The molecule has 5 heteroatoms. The van der Waals surface area contributed by atoms with Crippen LogP contribution in [0.5, 0.6) is 0 Å². The molecule has 1 amide bonds. The van der Waals surface area contributed by atoms with Crippen LogP contribution < -0.4 is 5.32 Å². The lowest BCUT2D eigenvalue weighted by Gasteiger charge is -2.20. The molecule has 2 rings (SSSR count). The number of ether oxygens (including phenoxy) is 1. The monoisotopic (exact) mass is 279 g/mol. The fourth-order valence-corrected chi connectivity index (χ4v) is 3.14. The first-order valence-corrected chi connectivity index (χ1v) is 7.43. The Hall–Kier alpha value is -1.49. The second-order valence-electron chi connectivity index (χ2n) is 4.47. The van der Waals surface area contributed by atoms with Crippen LogP contribution in [0.25, 0.3) is 0 Å². The van der Waals surface area contributed by atoms with Crippen molar-refractivity contribution < 1.29 is 14.3 Å². The van der Waals surface area contributed by atoms with Crippen molar-refractivity contribution in [3.8, 4) is 0 Å². The first-order valence-electron chi connectivity index (χ1n) is 6.27. The number of anilines is 1. The number of benzene rings is 1. The average Bonchev–Trinajstić information content (AvgIpc) is 2.48. The fraction of sp³-hybridized carbons (Fsp3) is 0.429. The van der Waals surface area contributed by atoms with Crippen molar-refractivity contribution >= 4 is 29.3 Å². The van der Waals surface area contributed by atoms with Gasteiger partial charge >= 0.3 is 5.97 Å². The minimum absolute atomic E-state index is 0.0676. The van der Waals surface area contributed by atoms with Crippen molar-refractivity contribution in [1.82, 2.24) is 0 Å². The molecule has 1 aromatic carbocycles. The summed E-state index contributed by atoms with van der Waals surface area (Å²) >= 11 is 1.83. The van der Waals surface area contributed by atoms with Gasteiger partial charge in [-0.05, 0) is 42.9 Å². The van der Waals surface area contributed by atoms with Gasteiger partial charge in [-0.15, -0.1) is 0 Å². The Bertz CT molecular complexity index is 452. The zero-order valence-corrected chi connectivity index (χ0v) is 11.7. The number of methoxy groups -OCH3 is 1. The average molecular weight is 279 g/mol. The molecule has 1 atom stereocenters. The van der Waals surface area contributed by atoms with Gasteiger partial charge < -0.3 is 10.1 Å². The SMILES string of the molecule is COC(=O)c1ccc(NC(=O)C2CCCSC2)cc1. The molecule has 102 valence electrons. The Labute approximate surface area is 116 Å². The molecule has 19 heavy (non-hydrogen) atoms. The fourth-order valence-electron chi connectivity index (χ4n) is 2.00. The van der Waals surface area contributed by atoms with Crippen LogP contribution in [-0.4, -0.2) is 30.5 Å². The number of hydrogen-bond donors (Lipinski definition) is 1. The van der Waals surface area contributed by atoms with Crippen molar-refractivity contribution in [3.63, 3.8) is 0 Å². The van der Waals surface area contributed by atoms with E-state index in [4.69, 9.17) is 0 Å². The third-order valence-electron chi connectivity index (χ3n) is 3.10. The Morgan fingerprint density at radius 2 is 2.05 bits per heavy atom. The van der Waals surface area contributed by atoms with Crippen LogP contribution in [0.3, 0.4) is 0 Å². The summed E-state index contributed by atoms with van der Waals surface area (Å²) in [6.07, 6.45) is 2.06. The number of rotatable bonds is 3. The molecule has 1 saturated heterocycles. The lowest BCUT2D eigenvalue weighted by molar-refractivity contribution is -0.119. The molecule has 4 nitrogen and oxygen atoms in total. The third kappa shape index (κ3) is 3.73. The molecule has 1 unspecified atom stereocenters. The predicted molar refractivity (Wildman–Crippen MR) is 76.5 cm³/mol. The Balaban J connectivity index is 1.95. The highest BCUT2D eigenvalue weighted by Gasteiger charge is 2.21. The number of thioether (sulfide) groups is 1. The largest absolute Gasteiger partial charge is 0.465 e. The van der Waals surface area contributed by atoms with Gasteiger partial charge in [0.1, 0.15) is 0 Å². The topological polar surface area (TPSA) is 55.4 Å². The summed E-state index contributed by atoms with van der Waals surface area (Å²) in [5.74, 6) is 1.84. The second kappa shape index (κ2) is 6.61. The number of esters is 1. The zero-order valence-electron chi connectivity index (χ0n) is 10.8. The van der Waals surface area contributed by atoms with E-state index in [1.165, 1.54) is 7.11 Å². The van der Waals surface area contributed by atoms with Crippen molar-refractivity contribution in [2.45, 2.75) is 12.8 Å². The zero-order chi connectivity index (χ0) is 13.7. The molecule has 1 aliphatic rings. The predicted octanol–water partition coefficient (Wildman–Crippen LogP) is 2.55. The highest BCUT2D eigenvalue weighted by atomic mass is 32.2. The molecule has 0 spiro atoms. The molecule has 0 aromatic heterocycles. The van der Waals surface area contributed by atoms with E-state index in [-0.39, 0.29) is 17.8 Å². The molecule has 1 N–H and O–H groups in total. The minimum atomic E-state index is -0.374. The summed E-state index contributed by atoms with van der Waals surface area (Å²) in [6, 6.07) is 6.74. The number of amides is 1. The van der Waals surface area contributed by atoms with Crippen molar-refractivity contribution in [2.24, 2.45) is 5.92 Å². The molecule has 0 saturated carbocycles. The minimum Gasteiger partial charge on any atom is -0.465 e. The maximum atomic E-state index is 12.0. The third-order valence-corrected chi connectivity index (χ3v) is 4.32. The molecule has 0 aliphatic carbocycles. The Morgan fingerprint density at radius 1 is 1.32 bits per heavy atom. The number of carbonyl (C=O) groups excluding carboxylic acids is 2. The highest BCUT2D eigenvalue weighted by molar-refractivity contribution is 7.99. The van der Waals surface area contributed by atoms with E-state index in [0.717, 1.165) is 24.3 Å². The lowest BCUT2D eigenvalue weighted by Crippen LogP contribution is -2.27. The molecule has 0 bridgehead atoms. The summed E-state index contributed by atoms with van der Waals surface area (Å²) in [4.78, 5) is 23.3. The molecule has 1 fully saturated rings. The van der Waals surface area contributed by atoms with Gasteiger partial charge in [0.15, 0.2) is 0 Å². The van der Waals surface area contributed by atoms with Crippen LogP contribution in [-0.2, 0) is 9.53 Å². The summed E-state index contributed by atoms with van der Waals surface area (Å²) in [5, 5.41) is 2.89. The summed E-state index contributed by atoms with van der Waals surface area (Å²) in [5.41, 5.74) is 1.20. The van der Waals surface area contributed by atoms with E-state index >= 15 is 0 Å².